The SMILES string of the molecule is CC(C)(C)c1cc(NC(=O)Nc2cccc(Cl)c2Cl)c(CN(CCN)C(C)(C)C=O)[nH]1. The summed E-state index contributed by atoms with van der Waals surface area (Å²) in [5.74, 6) is 0. The van der Waals surface area contributed by atoms with Crippen LogP contribution >= 0.6 is 23.2 Å². The van der Waals surface area contributed by atoms with Gasteiger partial charge in [0.25, 0.3) is 0 Å². The summed E-state index contributed by atoms with van der Waals surface area (Å²) in [5, 5.41) is 6.23. The topological polar surface area (TPSA) is 103 Å². The third kappa shape index (κ3) is 6.46. The molecule has 0 unspecified atom stereocenters. The minimum Gasteiger partial charge on any atom is -0.359 e. The largest absolute Gasteiger partial charge is 0.359 e. The number of aromatic amines is 1. The van der Waals surface area contributed by atoms with Gasteiger partial charge in [-0.15, -0.1) is 0 Å². The van der Waals surface area contributed by atoms with Gasteiger partial charge in [0.05, 0.1) is 32.7 Å². The molecule has 5 N–H and O–H groups in total. The van der Waals surface area contributed by atoms with E-state index in [-0.39, 0.29) is 10.4 Å². The van der Waals surface area contributed by atoms with Crippen LogP contribution in [0.5, 0.6) is 0 Å². The van der Waals surface area contributed by atoms with Crippen molar-refractivity contribution in [1.29, 1.82) is 0 Å². The molecule has 170 valence electrons. The molecule has 0 saturated carbocycles. The van der Waals surface area contributed by atoms with Gasteiger partial charge in [-0.2, -0.15) is 0 Å². The van der Waals surface area contributed by atoms with Crippen molar-refractivity contribution in [1.82, 2.24) is 9.88 Å². The van der Waals surface area contributed by atoms with E-state index in [4.69, 9.17) is 28.9 Å². The predicted molar refractivity (Wildman–Crippen MR) is 128 cm³/mol. The lowest BCUT2D eigenvalue weighted by atomic mass is 9.92. The molecule has 2 rings (SSSR count). The highest BCUT2D eigenvalue weighted by atomic mass is 35.5. The van der Waals surface area contributed by atoms with E-state index >= 15 is 0 Å². The molecule has 7 nitrogen and oxygen atoms in total. The summed E-state index contributed by atoms with van der Waals surface area (Å²) in [5.41, 5.74) is 7.65. The molecule has 0 atom stereocenters. The van der Waals surface area contributed by atoms with Crippen LogP contribution in [0.3, 0.4) is 0 Å². The lowest BCUT2D eigenvalue weighted by Gasteiger charge is -2.33. The molecule has 0 bridgehead atoms. The number of halogens is 2. The number of H-pyrrole nitrogens is 1. The number of hydrogen-bond donors (Lipinski definition) is 4. The molecule has 0 aliphatic carbocycles. The van der Waals surface area contributed by atoms with Crippen molar-refractivity contribution in [2.75, 3.05) is 23.7 Å². The van der Waals surface area contributed by atoms with Crippen molar-refractivity contribution in [3.8, 4) is 0 Å². The van der Waals surface area contributed by atoms with E-state index in [1.54, 1.807) is 18.2 Å². The number of hydrogen-bond acceptors (Lipinski definition) is 4. The lowest BCUT2D eigenvalue weighted by molar-refractivity contribution is -0.117. The van der Waals surface area contributed by atoms with Gasteiger partial charge in [0.15, 0.2) is 0 Å². The normalized spacial score (nSPS) is 12.2. The Morgan fingerprint density at radius 2 is 1.81 bits per heavy atom. The van der Waals surface area contributed by atoms with E-state index in [1.807, 2.05) is 24.8 Å². The van der Waals surface area contributed by atoms with Crippen LogP contribution in [0.1, 0.15) is 46.0 Å². The fourth-order valence-corrected chi connectivity index (χ4v) is 3.35. The number of amides is 2. The number of aromatic nitrogens is 1. The first kappa shape index (κ1) is 25.2. The second-order valence-electron chi connectivity index (χ2n) is 8.99. The summed E-state index contributed by atoms with van der Waals surface area (Å²) in [4.78, 5) is 29.7. The molecule has 0 aliphatic heterocycles. The number of nitrogens with two attached hydrogens (primary N) is 1. The minimum absolute atomic E-state index is 0.166. The van der Waals surface area contributed by atoms with Crippen LogP contribution in [-0.4, -0.2) is 40.8 Å². The van der Waals surface area contributed by atoms with Crippen molar-refractivity contribution >= 4 is 46.9 Å². The quantitative estimate of drug-likeness (QED) is 0.410. The Labute approximate surface area is 193 Å². The zero-order valence-corrected chi connectivity index (χ0v) is 20.1. The molecule has 2 aromatic rings. The van der Waals surface area contributed by atoms with Crippen LogP contribution < -0.4 is 16.4 Å². The van der Waals surface area contributed by atoms with Crippen molar-refractivity contribution in [3.63, 3.8) is 0 Å². The number of carbonyl (C=O) groups excluding carboxylic acids is 2. The number of rotatable bonds is 8. The van der Waals surface area contributed by atoms with Gasteiger partial charge in [0.1, 0.15) is 6.29 Å². The van der Waals surface area contributed by atoms with Gasteiger partial charge in [-0.1, -0.05) is 50.0 Å². The summed E-state index contributed by atoms with van der Waals surface area (Å²) in [6.07, 6.45) is 0.900. The highest BCUT2D eigenvalue weighted by Crippen LogP contribution is 2.31. The molecule has 31 heavy (non-hydrogen) atoms. The molecule has 0 saturated heterocycles. The molecule has 0 spiro atoms. The van der Waals surface area contributed by atoms with Gasteiger partial charge >= 0.3 is 6.03 Å². The van der Waals surface area contributed by atoms with Crippen LogP contribution in [-0.2, 0) is 16.8 Å². The molecule has 0 radical (unpaired) electrons. The molecule has 0 aliphatic rings. The van der Waals surface area contributed by atoms with Gasteiger partial charge in [-0.25, -0.2) is 4.79 Å². The maximum atomic E-state index is 12.7. The Bertz CT molecular complexity index is 934. The Balaban J connectivity index is 2.33. The van der Waals surface area contributed by atoms with E-state index in [0.717, 1.165) is 17.7 Å². The molecule has 9 heteroatoms. The second-order valence-corrected chi connectivity index (χ2v) is 9.77. The monoisotopic (exact) mass is 467 g/mol. The van der Waals surface area contributed by atoms with Gasteiger partial charge in [0, 0.05) is 30.7 Å². The molecule has 1 heterocycles. The molecule has 1 aromatic heterocycles. The van der Waals surface area contributed by atoms with Gasteiger partial charge in [-0.3, -0.25) is 4.90 Å². The maximum absolute atomic E-state index is 12.7. The number of nitrogens with one attached hydrogen (secondary N) is 3. The standard InChI is InChI=1S/C22H31Cl2N5O2/c1-21(2,3)18-11-16(17(26-18)12-29(10-9-25)22(4,5)13-30)28-20(31)27-15-8-6-7-14(23)19(15)24/h6-8,11,13,26H,9-10,12,25H2,1-5H3,(H2,27,28,31). The Hall–Kier alpha value is -2.06. The highest BCUT2D eigenvalue weighted by molar-refractivity contribution is 6.44. The average molecular weight is 468 g/mol. The summed E-state index contributed by atoms with van der Waals surface area (Å²) in [6, 6.07) is 6.47. The van der Waals surface area contributed by atoms with Crippen LogP contribution in [0.25, 0.3) is 0 Å². The van der Waals surface area contributed by atoms with Crippen LogP contribution in [0.15, 0.2) is 24.3 Å². The van der Waals surface area contributed by atoms with E-state index in [0.29, 0.717) is 36.0 Å². The number of nitrogens with zero attached hydrogens (tertiary/aromatic N) is 1. The summed E-state index contributed by atoms with van der Waals surface area (Å²) in [6.45, 7) is 11.2. The van der Waals surface area contributed by atoms with Crippen molar-refractivity contribution in [3.05, 3.63) is 45.7 Å². The van der Waals surface area contributed by atoms with Gasteiger partial charge in [0.2, 0.25) is 0 Å². The van der Waals surface area contributed by atoms with E-state index < -0.39 is 11.6 Å². The van der Waals surface area contributed by atoms with E-state index in [1.165, 1.54) is 0 Å². The summed E-state index contributed by atoms with van der Waals surface area (Å²) < 4.78 is 0. The van der Waals surface area contributed by atoms with Crippen molar-refractivity contribution in [2.24, 2.45) is 5.73 Å². The number of benzene rings is 1. The maximum Gasteiger partial charge on any atom is 0.323 e. The molecular weight excluding hydrogens is 437 g/mol. The zero-order chi connectivity index (χ0) is 23.4. The molecule has 1 aromatic carbocycles. The predicted octanol–water partition coefficient (Wildman–Crippen LogP) is 5.00. The van der Waals surface area contributed by atoms with Crippen molar-refractivity contribution < 1.29 is 9.59 Å². The minimum atomic E-state index is -0.708. The number of anilines is 2. The van der Waals surface area contributed by atoms with Crippen LogP contribution in [0.4, 0.5) is 16.2 Å². The Morgan fingerprint density at radius 1 is 1.16 bits per heavy atom. The first-order valence-corrected chi connectivity index (χ1v) is 10.8. The summed E-state index contributed by atoms with van der Waals surface area (Å²) >= 11 is 12.2. The molecule has 2 amide bonds. The Kier molecular flexibility index (Phi) is 8.16. The number of aldehydes is 1. The van der Waals surface area contributed by atoms with Crippen LogP contribution in [0, 0.1) is 0 Å². The van der Waals surface area contributed by atoms with Crippen molar-refractivity contribution in [2.45, 2.75) is 52.1 Å². The number of urea groups is 1. The molecule has 0 fully saturated rings. The smallest absolute Gasteiger partial charge is 0.323 e. The van der Waals surface area contributed by atoms with E-state index in [2.05, 4.69) is 36.4 Å². The second kappa shape index (κ2) is 10.0. The lowest BCUT2D eigenvalue weighted by Crippen LogP contribution is -2.47. The third-order valence-corrected chi connectivity index (χ3v) is 5.83. The zero-order valence-electron chi connectivity index (χ0n) is 18.6. The number of carbonyl (C=O) groups is 2. The third-order valence-electron chi connectivity index (χ3n) is 5.01. The average Bonchev–Trinajstić information content (AvgIpc) is 3.08. The van der Waals surface area contributed by atoms with Crippen LogP contribution in [0.2, 0.25) is 10.0 Å². The van der Waals surface area contributed by atoms with Gasteiger partial charge in [-0.05, 0) is 32.0 Å². The fourth-order valence-electron chi connectivity index (χ4n) is 3.01. The molecular formula is C22H31Cl2N5O2. The van der Waals surface area contributed by atoms with Gasteiger partial charge < -0.3 is 26.1 Å². The highest BCUT2D eigenvalue weighted by Gasteiger charge is 2.28. The Morgan fingerprint density at radius 3 is 2.39 bits per heavy atom. The van der Waals surface area contributed by atoms with E-state index in [9.17, 15) is 9.59 Å². The first-order chi connectivity index (χ1) is 14.4. The first-order valence-electron chi connectivity index (χ1n) is 10.0. The summed E-state index contributed by atoms with van der Waals surface area (Å²) in [7, 11) is 0. The fraction of sp³-hybridized carbons (Fsp3) is 0.455.